The maximum Gasteiger partial charge on any atom is 0.162 e. The van der Waals surface area contributed by atoms with Crippen LogP contribution in [0.4, 0.5) is 0 Å². The normalized spacial score (nSPS) is 10.7. The van der Waals surface area contributed by atoms with Crippen LogP contribution >= 0.6 is 0 Å². The number of hydrogen-bond acceptors (Lipinski definition) is 4. The van der Waals surface area contributed by atoms with Crippen molar-refractivity contribution in [2.45, 2.75) is 40.0 Å². The highest BCUT2D eigenvalue weighted by atomic mass is 16.5. The number of aryl methyl sites for hydroxylation is 2. The van der Waals surface area contributed by atoms with E-state index in [9.17, 15) is 0 Å². The summed E-state index contributed by atoms with van der Waals surface area (Å²) in [5.74, 6) is 1.42. The van der Waals surface area contributed by atoms with E-state index in [-0.39, 0.29) is 0 Å². The lowest BCUT2D eigenvalue weighted by Gasteiger charge is -2.12. The van der Waals surface area contributed by atoms with Crippen LogP contribution in [-0.4, -0.2) is 16.9 Å². The van der Waals surface area contributed by atoms with Gasteiger partial charge in [0, 0.05) is 13.1 Å². The van der Waals surface area contributed by atoms with Gasteiger partial charge >= 0.3 is 0 Å². The summed E-state index contributed by atoms with van der Waals surface area (Å²) in [5, 5.41) is 4.52. The zero-order valence-corrected chi connectivity index (χ0v) is 12.9. The molecule has 5 heteroatoms. The van der Waals surface area contributed by atoms with E-state index in [2.05, 4.69) is 25.0 Å². The topological polar surface area (TPSA) is 62.3 Å². The fourth-order valence-corrected chi connectivity index (χ4v) is 2.19. The van der Waals surface area contributed by atoms with Crippen LogP contribution in [0.15, 0.2) is 24.3 Å². The summed E-state index contributed by atoms with van der Waals surface area (Å²) in [4.78, 5) is 0. The van der Waals surface area contributed by atoms with Gasteiger partial charge in [-0.25, -0.2) is 0 Å². The Bertz CT molecular complexity index is 593. The Morgan fingerprint density at radius 2 is 2.00 bits per heavy atom. The molecule has 5 nitrogen and oxygen atoms in total. The van der Waals surface area contributed by atoms with Gasteiger partial charge in [-0.05, 0) is 37.1 Å². The van der Waals surface area contributed by atoms with Crippen molar-refractivity contribution in [2.24, 2.45) is 5.73 Å². The molecule has 21 heavy (non-hydrogen) atoms. The van der Waals surface area contributed by atoms with Crippen molar-refractivity contribution in [1.82, 2.24) is 9.78 Å². The van der Waals surface area contributed by atoms with E-state index < -0.39 is 0 Å². The van der Waals surface area contributed by atoms with Gasteiger partial charge in [-0.1, -0.05) is 13.0 Å². The van der Waals surface area contributed by atoms with Crippen LogP contribution in [0.1, 0.15) is 30.8 Å². The van der Waals surface area contributed by atoms with Crippen LogP contribution in [0.2, 0.25) is 0 Å². The van der Waals surface area contributed by atoms with Crippen molar-refractivity contribution < 1.29 is 9.47 Å². The van der Waals surface area contributed by atoms with Crippen LogP contribution in [0, 0.1) is 0 Å². The molecule has 1 aromatic carbocycles. The minimum absolute atomic E-state index is 0.464. The zero-order valence-electron chi connectivity index (χ0n) is 12.9. The molecule has 0 unspecified atom stereocenters. The predicted octanol–water partition coefficient (Wildman–Crippen LogP) is 2.51. The molecule has 0 atom stereocenters. The highest BCUT2D eigenvalue weighted by Crippen LogP contribution is 2.28. The number of nitrogens with zero attached hydrogens (tertiary/aromatic N) is 2. The summed E-state index contributed by atoms with van der Waals surface area (Å²) in [7, 11) is 1.63. The molecular weight excluding hydrogens is 266 g/mol. The molecule has 0 aliphatic carbocycles. The average Bonchev–Trinajstić information content (AvgIpc) is 2.94. The van der Waals surface area contributed by atoms with Crippen molar-refractivity contribution in [1.29, 1.82) is 0 Å². The molecule has 2 N–H and O–H groups in total. The van der Waals surface area contributed by atoms with Crippen LogP contribution < -0.4 is 15.2 Å². The second-order valence-electron chi connectivity index (χ2n) is 4.77. The standard InChI is InChI=1S/C16H23N3O2/c1-4-13-9-14(19(5-2)18-13)11-21-16-8-12(10-17)6-7-15(16)20-3/h6-9H,4-5,10-11,17H2,1-3H3. The highest BCUT2D eigenvalue weighted by Gasteiger charge is 2.09. The maximum atomic E-state index is 5.92. The Morgan fingerprint density at radius 1 is 1.19 bits per heavy atom. The summed E-state index contributed by atoms with van der Waals surface area (Å²) in [6.07, 6.45) is 0.923. The third-order valence-corrected chi connectivity index (χ3v) is 3.41. The molecule has 2 aromatic rings. The number of nitrogens with two attached hydrogens (primary N) is 1. The SMILES string of the molecule is CCc1cc(COc2cc(CN)ccc2OC)n(CC)n1. The minimum Gasteiger partial charge on any atom is -0.493 e. The van der Waals surface area contributed by atoms with E-state index in [1.54, 1.807) is 7.11 Å². The van der Waals surface area contributed by atoms with Crippen LogP contribution in [-0.2, 0) is 26.1 Å². The number of aromatic nitrogens is 2. The first-order chi connectivity index (χ1) is 10.2. The molecule has 0 aliphatic heterocycles. The van der Waals surface area contributed by atoms with Gasteiger partial charge in [0.2, 0.25) is 0 Å². The van der Waals surface area contributed by atoms with Gasteiger partial charge in [-0.3, -0.25) is 4.68 Å². The van der Waals surface area contributed by atoms with Gasteiger partial charge in [0.1, 0.15) is 6.61 Å². The Hall–Kier alpha value is -2.01. The molecule has 0 radical (unpaired) electrons. The van der Waals surface area contributed by atoms with E-state index in [1.807, 2.05) is 22.9 Å². The van der Waals surface area contributed by atoms with Gasteiger partial charge < -0.3 is 15.2 Å². The lowest BCUT2D eigenvalue weighted by Crippen LogP contribution is -2.07. The molecular formula is C16H23N3O2. The summed E-state index contributed by atoms with van der Waals surface area (Å²) >= 11 is 0. The minimum atomic E-state index is 0.464. The highest BCUT2D eigenvalue weighted by molar-refractivity contribution is 5.43. The molecule has 114 valence electrons. The number of methoxy groups -OCH3 is 1. The molecule has 0 saturated heterocycles. The summed E-state index contributed by atoms with van der Waals surface area (Å²) < 4.78 is 13.2. The largest absolute Gasteiger partial charge is 0.493 e. The van der Waals surface area contributed by atoms with Crippen LogP contribution in [0.25, 0.3) is 0 Å². The lowest BCUT2D eigenvalue weighted by molar-refractivity contribution is 0.273. The van der Waals surface area contributed by atoms with E-state index >= 15 is 0 Å². The second-order valence-corrected chi connectivity index (χ2v) is 4.77. The molecule has 1 heterocycles. The Labute approximate surface area is 125 Å². The van der Waals surface area contributed by atoms with Gasteiger partial charge in [0.25, 0.3) is 0 Å². The number of benzene rings is 1. The van der Waals surface area contributed by atoms with Crippen molar-refractivity contribution >= 4 is 0 Å². The van der Waals surface area contributed by atoms with Crippen molar-refractivity contribution in [2.75, 3.05) is 7.11 Å². The predicted molar refractivity (Wildman–Crippen MR) is 82.5 cm³/mol. The van der Waals surface area contributed by atoms with Gasteiger partial charge in [-0.2, -0.15) is 5.10 Å². The Morgan fingerprint density at radius 3 is 2.62 bits per heavy atom. The van der Waals surface area contributed by atoms with Crippen molar-refractivity contribution in [3.63, 3.8) is 0 Å². The fraction of sp³-hybridized carbons (Fsp3) is 0.438. The van der Waals surface area contributed by atoms with Gasteiger partial charge in [0.05, 0.1) is 18.5 Å². The third kappa shape index (κ3) is 3.55. The van der Waals surface area contributed by atoms with E-state index in [0.29, 0.717) is 24.7 Å². The van der Waals surface area contributed by atoms with E-state index in [4.69, 9.17) is 15.2 Å². The molecule has 0 bridgehead atoms. The lowest BCUT2D eigenvalue weighted by atomic mass is 10.2. The molecule has 0 fully saturated rings. The van der Waals surface area contributed by atoms with Gasteiger partial charge in [0.15, 0.2) is 11.5 Å². The van der Waals surface area contributed by atoms with Crippen molar-refractivity contribution in [3.8, 4) is 11.5 Å². The summed E-state index contributed by atoms with van der Waals surface area (Å²) in [6.45, 7) is 5.95. The first kappa shape index (κ1) is 15.4. The fourth-order valence-electron chi connectivity index (χ4n) is 2.19. The Kier molecular flexibility index (Phi) is 5.22. The van der Waals surface area contributed by atoms with Gasteiger partial charge in [-0.15, -0.1) is 0 Å². The average molecular weight is 289 g/mol. The summed E-state index contributed by atoms with van der Waals surface area (Å²) in [6, 6.07) is 7.83. The quantitative estimate of drug-likeness (QED) is 0.850. The summed E-state index contributed by atoms with van der Waals surface area (Å²) in [5.41, 5.74) is 8.84. The van der Waals surface area contributed by atoms with E-state index in [1.165, 1.54) is 0 Å². The molecule has 1 aromatic heterocycles. The smallest absolute Gasteiger partial charge is 0.162 e. The number of ether oxygens (including phenoxy) is 2. The maximum absolute atomic E-state index is 5.92. The third-order valence-electron chi connectivity index (χ3n) is 3.41. The monoisotopic (exact) mass is 289 g/mol. The zero-order chi connectivity index (χ0) is 15.2. The first-order valence-corrected chi connectivity index (χ1v) is 7.27. The van der Waals surface area contributed by atoms with Crippen LogP contribution in [0.3, 0.4) is 0 Å². The molecule has 0 saturated carbocycles. The van der Waals surface area contributed by atoms with Crippen LogP contribution in [0.5, 0.6) is 11.5 Å². The van der Waals surface area contributed by atoms with E-state index in [0.717, 1.165) is 29.9 Å². The number of hydrogen-bond donors (Lipinski definition) is 1. The number of rotatable bonds is 7. The molecule has 0 spiro atoms. The second kappa shape index (κ2) is 7.13. The first-order valence-electron chi connectivity index (χ1n) is 7.27. The van der Waals surface area contributed by atoms with Crippen molar-refractivity contribution in [3.05, 3.63) is 41.2 Å². The Balaban J connectivity index is 2.17. The molecule has 0 aliphatic rings. The molecule has 2 rings (SSSR count). The molecule has 0 amide bonds.